The summed E-state index contributed by atoms with van der Waals surface area (Å²) in [5, 5.41) is 2.74. The molecule has 0 bridgehead atoms. The van der Waals surface area contributed by atoms with Crippen LogP contribution in [0.2, 0.25) is 0 Å². The van der Waals surface area contributed by atoms with Gasteiger partial charge in [-0.25, -0.2) is 8.78 Å². The molecule has 0 unspecified atom stereocenters. The third-order valence-electron chi connectivity index (χ3n) is 3.22. The Morgan fingerprint density at radius 3 is 1.79 bits per heavy atom. The van der Waals surface area contributed by atoms with E-state index < -0.39 is 12.2 Å². The number of benzene rings is 3. The molecule has 3 aromatic rings. The van der Waals surface area contributed by atoms with E-state index in [2.05, 4.69) is 0 Å². The molecule has 0 radical (unpaired) electrons. The maximum atomic E-state index is 12.8. The van der Waals surface area contributed by atoms with Gasteiger partial charge >= 0.3 is 6.43 Å². The maximum absolute atomic E-state index is 12.8. The molecule has 0 aliphatic carbocycles. The molecular weight excluding hydrogens is 246 g/mol. The number of Topliss-reactive ketones (excluding diaryl/α,β-unsaturated/α-hetero) is 1. The number of ketones is 1. The number of alkyl halides is 2. The van der Waals surface area contributed by atoms with Crippen LogP contribution in [0.1, 0.15) is 10.4 Å². The Hall–Kier alpha value is -2.29. The normalized spacial score (nSPS) is 11.3. The quantitative estimate of drug-likeness (QED) is 0.489. The van der Waals surface area contributed by atoms with Gasteiger partial charge < -0.3 is 0 Å². The summed E-state index contributed by atoms with van der Waals surface area (Å²) in [6.07, 6.45) is -2.99. The van der Waals surface area contributed by atoms with E-state index in [1.807, 2.05) is 30.3 Å². The molecule has 0 atom stereocenters. The van der Waals surface area contributed by atoms with Gasteiger partial charge in [0.25, 0.3) is 0 Å². The molecule has 19 heavy (non-hydrogen) atoms. The first kappa shape index (κ1) is 11.8. The van der Waals surface area contributed by atoms with E-state index in [9.17, 15) is 13.6 Å². The predicted octanol–water partition coefficient (Wildman–Crippen LogP) is 4.44. The number of fused-ring (bicyclic) bond motifs is 2. The van der Waals surface area contributed by atoms with Gasteiger partial charge in [-0.3, -0.25) is 4.79 Å². The van der Waals surface area contributed by atoms with Crippen molar-refractivity contribution in [3.63, 3.8) is 0 Å². The van der Waals surface area contributed by atoms with Gasteiger partial charge in [-0.15, -0.1) is 0 Å². The first-order chi connectivity index (χ1) is 9.18. The van der Waals surface area contributed by atoms with Crippen LogP contribution in [-0.4, -0.2) is 12.2 Å². The highest BCUT2D eigenvalue weighted by molar-refractivity contribution is 6.19. The molecule has 0 amide bonds. The molecule has 3 aromatic carbocycles. The van der Waals surface area contributed by atoms with Crippen LogP contribution in [0.5, 0.6) is 0 Å². The highest BCUT2D eigenvalue weighted by Crippen LogP contribution is 2.29. The van der Waals surface area contributed by atoms with E-state index in [4.69, 9.17) is 0 Å². The summed E-state index contributed by atoms with van der Waals surface area (Å²) in [6, 6.07) is 16.1. The summed E-state index contributed by atoms with van der Waals surface area (Å²) in [5.74, 6) is -1.12. The van der Waals surface area contributed by atoms with Crippen LogP contribution >= 0.6 is 0 Å². The largest absolute Gasteiger partial charge is 0.300 e. The van der Waals surface area contributed by atoms with Crippen LogP contribution in [0, 0.1) is 0 Å². The van der Waals surface area contributed by atoms with Crippen molar-refractivity contribution in [3.8, 4) is 0 Å². The number of rotatable bonds is 2. The Kier molecular flexibility index (Phi) is 2.75. The first-order valence-electron chi connectivity index (χ1n) is 5.91. The van der Waals surface area contributed by atoms with Crippen molar-refractivity contribution < 1.29 is 13.6 Å². The van der Waals surface area contributed by atoms with Gasteiger partial charge in [-0.2, -0.15) is 0 Å². The Balaban J connectivity index is 2.50. The van der Waals surface area contributed by atoms with E-state index in [1.54, 1.807) is 24.3 Å². The summed E-state index contributed by atoms with van der Waals surface area (Å²) in [4.78, 5) is 11.8. The standard InChI is InChI=1S/C16H10F2O/c17-16(18)15(19)14-12-7-3-1-5-10(12)9-11-6-2-4-8-13(11)14/h1-9,16H. The summed E-state index contributed by atoms with van der Waals surface area (Å²) in [7, 11) is 0. The van der Waals surface area contributed by atoms with Gasteiger partial charge in [0.1, 0.15) is 0 Å². The second-order valence-electron chi connectivity index (χ2n) is 4.36. The fraction of sp³-hybridized carbons (Fsp3) is 0.0625. The van der Waals surface area contributed by atoms with Crippen molar-refractivity contribution in [1.82, 2.24) is 0 Å². The molecule has 0 aliphatic rings. The maximum Gasteiger partial charge on any atom is 0.300 e. The molecule has 0 aromatic heterocycles. The minimum Gasteiger partial charge on any atom is -0.288 e. The zero-order chi connectivity index (χ0) is 13.4. The van der Waals surface area contributed by atoms with Crippen molar-refractivity contribution in [2.75, 3.05) is 0 Å². The van der Waals surface area contributed by atoms with Crippen LogP contribution in [-0.2, 0) is 0 Å². The van der Waals surface area contributed by atoms with E-state index in [-0.39, 0.29) is 5.56 Å². The molecule has 0 spiro atoms. The lowest BCUT2D eigenvalue weighted by Crippen LogP contribution is -2.11. The van der Waals surface area contributed by atoms with Crippen molar-refractivity contribution in [2.45, 2.75) is 6.43 Å². The van der Waals surface area contributed by atoms with Crippen LogP contribution in [0.25, 0.3) is 21.5 Å². The Morgan fingerprint density at radius 2 is 1.32 bits per heavy atom. The van der Waals surface area contributed by atoms with Gasteiger partial charge in [0.05, 0.1) is 0 Å². The van der Waals surface area contributed by atoms with Gasteiger partial charge in [0, 0.05) is 5.56 Å². The number of hydrogen-bond acceptors (Lipinski definition) is 1. The SMILES string of the molecule is O=C(c1c2ccccc2cc2ccccc12)C(F)F. The molecule has 1 nitrogen and oxygen atoms in total. The fourth-order valence-electron chi connectivity index (χ4n) is 2.39. The molecule has 3 rings (SSSR count). The second-order valence-corrected chi connectivity index (χ2v) is 4.36. The molecule has 0 N–H and O–H groups in total. The summed E-state index contributed by atoms with van der Waals surface area (Å²) < 4.78 is 25.6. The highest BCUT2D eigenvalue weighted by atomic mass is 19.3. The molecule has 3 heteroatoms. The lowest BCUT2D eigenvalue weighted by Gasteiger charge is -2.10. The van der Waals surface area contributed by atoms with Crippen LogP contribution < -0.4 is 0 Å². The molecular formula is C16H10F2O. The summed E-state index contributed by atoms with van der Waals surface area (Å²) >= 11 is 0. The molecule has 0 fully saturated rings. The summed E-state index contributed by atoms with van der Waals surface area (Å²) in [6.45, 7) is 0. The van der Waals surface area contributed by atoms with Crippen molar-refractivity contribution >= 4 is 27.3 Å². The molecule has 0 heterocycles. The molecule has 0 saturated heterocycles. The lowest BCUT2D eigenvalue weighted by atomic mass is 9.94. The molecule has 0 aliphatic heterocycles. The molecule has 94 valence electrons. The van der Waals surface area contributed by atoms with Crippen LogP contribution in [0.4, 0.5) is 8.78 Å². The zero-order valence-electron chi connectivity index (χ0n) is 9.94. The highest BCUT2D eigenvalue weighted by Gasteiger charge is 2.22. The van der Waals surface area contributed by atoms with Crippen LogP contribution in [0.3, 0.4) is 0 Å². The topological polar surface area (TPSA) is 17.1 Å². The smallest absolute Gasteiger partial charge is 0.288 e. The minimum absolute atomic E-state index is 0.115. The van der Waals surface area contributed by atoms with Gasteiger partial charge in [0.2, 0.25) is 5.78 Å². The first-order valence-corrected chi connectivity index (χ1v) is 5.91. The number of carbonyl (C=O) groups is 1. The second kappa shape index (κ2) is 4.43. The van der Waals surface area contributed by atoms with Crippen molar-refractivity contribution in [1.29, 1.82) is 0 Å². The number of hydrogen-bond donors (Lipinski definition) is 0. The van der Waals surface area contributed by atoms with E-state index in [1.165, 1.54) is 0 Å². The monoisotopic (exact) mass is 256 g/mol. The van der Waals surface area contributed by atoms with Crippen LogP contribution in [0.15, 0.2) is 54.6 Å². The Bertz CT molecular complexity index is 724. The van der Waals surface area contributed by atoms with Gasteiger partial charge in [-0.1, -0.05) is 48.5 Å². The minimum atomic E-state index is -2.99. The average molecular weight is 256 g/mol. The zero-order valence-corrected chi connectivity index (χ0v) is 9.94. The Morgan fingerprint density at radius 1 is 0.842 bits per heavy atom. The van der Waals surface area contributed by atoms with Crippen molar-refractivity contribution in [2.24, 2.45) is 0 Å². The Labute approximate surface area is 108 Å². The average Bonchev–Trinajstić information content (AvgIpc) is 2.43. The van der Waals surface area contributed by atoms with E-state index >= 15 is 0 Å². The van der Waals surface area contributed by atoms with Gasteiger partial charge in [-0.05, 0) is 27.6 Å². The summed E-state index contributed by atoms with van der Waals surface area (Å²) in [5.41, 5.74) is 0.115. The van der Waals surface area contributed by atoms with Gasteiger partial charge in [0.15, 0.2) is 0 Å². The predicted molar refractivity (Wildman–Crippen MR) is 71.8 cm³/mol. The lowest BCUT2D eigenvalue weighted by molar-refractivity contribution is 0.0682. The number of carbonyl (C=O) groups excluding carboxylic acids is 1. The third-order valence-corrected chi connectivity index (χ3v) is 3.22. The van der Waals surface area contributed by atoms with E-state index in [0.717, 1.165) is 10.8 Å². The molecule has 0 saturated carbocycles. The third kappa shape index (κ3) is 1.87. The number of halogens is 2. The fourth-order valence-corrected chi connectivity index (χ4v) is 2.39. The van der Waals surface area contributed by atoms with Crippen molar-refractivity contribution in [3.05, 3.63) is 60.2 Å². The van der Waals surface area contributed by atoms with E-state index in [0.29, 0.717) is 10.8 Å².